The Morgan fingerprint density at radius 1 is 0.643 bits per heavy atom. The smallest absolute Gasteiger partial charge is 0.309 e. The molecule has 1 fully saturated rings. The van der Waals surface area contributed by atoms with E-state index in [1.54, 1.807) is 55.6 Å². The highest BCUT2D eigenvalue weighted by atomic mass is 32.1. The van der Waals surface area contributed by atoms with Crippen molar-refractivity contribution >= 4 is 93.5 Å². The van der Waals surface area contributed by atoms with Gasteiger partial charge in [0.25, 0.3) is 5.91 Å². The number of likely N-dealkylation sites (tertiary alicyclic amines) is 1. The van der Waals surface area contributed by atoms with Gasteiger partial charge in [-0.05, 0) is 136 Å². The largest absolute Gasteiger partial charge is 0.481 e. The number of fused-ring (bicyclic) bond motifs is 2. The number of carbonyl (C=O) groups excluding carboxylic acids is 11. The van der Waals surface area contributed by atoms with Crippen LogP contribution in [0.5, 0.6) is 0 Å². The van der Waals surface area contributed by atoms with Crippen LogP contribution in [0.15, 0.2) is 115 Å². The number of hydrogen-bond donors (Lipinski definition) is 10. The summed E-state index contributed by atoms with van der Waals surface area (Å²) in [6, 6.07) is 28.5. The highest BCUT2D eigenvalue weighted by molar-refractivity contribution is 7.09. The quantitative estimate of drug-likeness (QED) is 0.00580. The predicted octanol–water partition coefficient (Wildman–Crippen LogP) is 7.97. The van der Waals surface area contributed by atoms with Crippen LogP contribution in [-0.2, 0) is 100 Å². The number of hydrogen-bond acceptors (Lipinski definition) is 22. The number of unbranched alkanes of at least 4 members (excludes halogenated alkanes) is 3. The summed E-state index contributed by atoms with van der Waals surface area (Å²) in [6.07, 6.45) is 8.78. The van der Waals surface area contributed by atoms with E-state index in [9.17, 15) is 57.8 Å². The third-order valence-electron chi connectivity index (χ3n) is 21.7. The van der Waals surface area contributed by atoms with Gasteiger partial charge in [-0.2, -0.15) is 0 Å². The molecule has 0 radical (unpaired) electrons. The number of piperidine rings is 1. The van der Waals surface area contributed by atoms with E-state index in [-0.39, 0.29) is 138 Å². The van der Waals surface area contributed by atoms with Gasteiger partial charge in [-0.25, -0.2) is 4.98 Å². The molecule has 1 saturated heterocycles. The third kappa shape index (κ3) is 37.0. The first-order valence-corrected chi connectivity index (χ1v) is 44.8. The molecule has 0 saturated carbocycles. The molecular formula is C94H130N12O19S. The number of aliphatic carboxylic acids is 1. The molecule has 10 N–H and O–H groups in total. The Kier molecular flexibility index (Phi) is 45.2. The van der Waals surface area contributed by atoms with Gasteiger partial charge in [0.2, 0.25) is 47.3 Å². The Morgan fingerprint density at radius 3 is 1.96 bits per heavy atom. The fraction of sp³-hybridized carbons (Fsp3) is 0.543. The molecule has 2 aliphatic rings. The minimum Gasteiger partial charge on any atom is -0.481 e. The van der Waals surface area contributed by atoms with Crippen molar-refractivity contribution < 1.29 is 91.1 Å². The maximum absolute atomic E-state index is 15.1. The summed E-state index contributed by atoms with van der Waals surface area (Å²) in [5, 5.41) is 37.1. The van der Waals surface area contributed by atoms with Crippen molar-refractivity contribution in [3.8, 4) is 11.8 Å². The summed E-state index contributed by atoms with van der Waals surface area (Å²) in [5.41, 5.74) is 5.62. The van der Waals surface area contributed by atoms with Crippen molar-refractivity contribution in [1.29, 1.82) is 0 Å². The number of allylic oxidation sites excluding steroid dienone is 2. The number of carboxylic acids is 1. The normalized spacial score (nSPS) is 14.8. The Balaban J connectivity index is 0.748. The van der Waals surface area contributed by atoms with Crippen molar-refractivity contribution in [2.75, 3.05) is 124 Å². The van der Waals surface area contributed by atoms with Crippen LogP contribution in [-0.4, -0.2) is 240 Å². The highest BCUT2D eigenvalue weighted by Crippen LogP contribution is 2.34. The number of rotatable bonds is 58. The number of esters is 1. The molecule has 0 unspecified atom stereocenters. The number of nitrogens with zero attached hydrogens (tertiary/aromatic N) is 3. The molecule has 1 aliphatic carbocycles. The lowest BCUT2D eigenvalue weighted by molar-refractivity contribution is -0.150. The first-order chi connectivity index (χ1) is 60.6. The number of ketones is 1. The van der Waals surface area contributed by atoms with Crippen LogP contribution in [0.1, 0.15) is 194 Å². The number of amides is 9. The van der Waals surface area contributed by atoms with Crippen LogP contribution >= 0.6 is 11.3 Å². The molecule has 9 amide bonds. The molecule has 32 heteroatoms. The minimum atomic E-state index is -1.24. The highest BCUT2D eigenvalue weighted by Gasteiger charge is 2.40. The average molecular weight is 1760 g/mol. The SMILES string of the molecule is CCCCCCN(C(=O)[C@@H](NC(=O)[C@H]1CCCCN1C)[C@@H](C)CC)[C@H](C[C@@H](OC(C)=O)c1nc(C(=O)N[C@@H](Cc2ccc(NCCOCNC(=O)CNC(=O)[C@H](Cc3ccccc3)NC(=O)CNC(=O)CNC(=O)CCOCCOCCOCCOCCNC(=O)CCC(=O)/C=C3/Cc4ccccc4C#Cc4ccccc43)cc2)CC(C)(C)C(=O)O)cs1)C(C)C. The lowest BCUT2D eigenvalue weighted by atomic mass is 9.84. The van der Waals surface area contributed by atoms with Crippen LogP contribution in [0.25, 0.3) is 5.57 Å². The van der Waals surface area contributed by atoms with Gasteiger partial charge in [-0.3, -0.25) is 62.4 Å². The maximum Gasteiger partial charge on any atom is 0.309 e. The number of ether oxygens (including phenoxy) is 6. The maximum atomic E-state index is 15.1. The van der Waals surface area contributed by atoms with E-state index in [1.807, 2.05) is 112 Å². The number of carboxylic acid groups (broad SMARTS) is 1. The summed E-state index contributed by atoms with van der Waals surface area (Å²) >= 11 is 1.15. The topological polar surface area (TPSA) is 408 Å². The number of carbonyl (C=O) groups is 12. The monoisotopic (exact) mass is 1760 g/mol. The predicted molar refractivity (Wildman–Crippen MR) is 479 cm³/mol. The number of anilines is 1. The van der Waals surface area contributed by atoms with E-state index in [0.717, 1.165) is 95.5 Å². The van der Waals surface area contributed by atoms with E-state index in [4.69, 9.17) is 33.4 Å². The zero-order valence-corrected chi connectivity index (χ0v) is 75.3. The van der Waals surface area contributed by atoms with Gasteiger partial charge in [-0.15, -0.1) is 11.3 Å². The standard InChI is InChI=1S/C94H130N12O19S/c1-10-12-13-22-43-106(92(117)87(65(5)11-2)104-90(116)79-30-21-23-42-105(79)9)80(64(3)4)57-81(125-66(6)107)91-103-78(62-126-91)89(115)101-74(58-94(7,8)93(118)119)53-68-31-35-73(36-32-68)95-40-46-124-63-100-85(112)60-99-88(114)77(54-67-24-15-14-16-25-67)102-86(113)61-98-84(111)59-97-83(110)39-44-120-47-49-122-51-52-123-50-48-121-45-41-96-82(109)38-37-75(108)56-72-55-71-28-18-17-26-69(71)33-34-70-27-19-20-29-76(70)72/h14-20,24-29,31-32,35-36,56,62,64-65,74,77,79-81,87,95H,10-13,21-23,30,37-55,57-61,63H2,1-9H3,(H,96,109)(H,97,110)(H,98,111)(H,99,114)(H,100,112)(H,101,115)(H,102,113)(H,104,116)(H,118,119)/b72-56-/t65-,74-,77-,79+,80+,81+,87-/m0/s1. The van der Waals surface area contributed by atoms with Crippen LogP contribution in [0, 0.1) is 29.1 Å². The van der Waals surface area contributed by atoms with E-state index >= 15 is 4.79 Å². The van der Waals surface area contributed by atoms with E-state index in [0.29, 0.717) is 69.4 Å². The molecule has 0 bridgehead atoms. The van der Waals surface area contributed by atoms with Gasteiger partial charge in [0, 0.05) is 92.9 Å². The first kappa shape index (κ1) is 102. The first-order valence-electron chi connectivity index (χ1n) is 43.9. The summed E-state index contributed by atoms with van der Waals surface area (Å²) in [4.78, 5) is 167. The minimum absolute atomic E-state index is 0.0448. The van der Waals surface area contributed by atoms with Gasteiger partial charge in [0.05, 0.1) is 90.6 Å². The Labute approximate surface area is 744 Å². The van der Waals surface area contributed by atoms with Crippen molar-refractivity contribution in [3.63, 3.8) is 0 Å². The molecular weight excluding hydrogens is 1630 g/mol. The number of nitrogens with one attached hydrogen (secondary N) is 9. The molecule has 1 aliphatic heterocycles. The molecule has 0 spiro atoms. The average Bonchev–Trinajstić information content (AvgIpc) is 1.52. The third-order valence-corrected chi connectivity index (χ3v) is 22.7. The molecule has 2 heterocycles. The number of aromatic nitrogens is 1. The molecule has 7 rings (SSSR count). The Hall–Kier alpha value is -10.8. The lowest BCUT2D eigenvalue weighted by Crippen LogP contribution is -2.59. The van der Waals surface area contributed by atoms with Crippen molar-refractivity contribution in [1.82, 2.24) is 57.3 Å². The summed E-state index contributed by atoms with van der Waals surface area (Å²) in [6.45, 7) is 17.0. The summed E-state index contributed by atoms with van der Waals surface area (Å²) in [7, 11) is 1.94. The van der Waals surface area contributed by atoms with Crippen LogP contribution in [0.3, 0.4) is 0 Å². The van der Waals surface area contributed by atoms with Gasteiger partial charge in [0.15, 0.2) is 11.9 Å². The molecule has 31 nitrogen and oxygen atoms in total. The zero-order chi connectivity index (χ0) is 91.2. The Bertz CT molecular complexity index is 4440. The molecule has 1 aromatic heterocycles. The van der Waals surface area contributed by atoms with Crippen LogP contribution in [0.4, 0.5) is 5.69 Å². The number of benzene rings is 4. The van der Waals surface area contributed by atoms with Gasteiger partial charge in [-0.1, -0.05) is 157 Å². The second-order valence-corrected chi connectivity index (χ2v) is 33.5. The number of likely N-dealkylation sites (N-methyl/N-ethyl adjacent to an activating group) is 1. The van der Waals surface area contributed by atoms with Crippen molar-refractivity contribution in [3.05, 3.63) is 159 Å². The molecule has 686 valence electrons. The Morgan fingerprint density at radius 2 is 1.27 bits per heavy atom. The van der Waals surface area contributed by atoms with Crippen LogP contribution in [0.2, 0.25) is 0 Å². The summed E-state index contributed by atoms with van der Waals surface area (Å²) < 4.78 is 33.7. The lowest BCUT2D eigenvalue weighted by Gasteiger charge is -2.40. The number of thiazole rings is 1. The molecule has 4 aromatic carbocycles. The van der Waals surface area contributed by atoms with E-state index in [1.165, 1.54) is 6.92 Å². The fourth-order valence-electron chi connectivity index (χ4n) is 14.4. The zero-order valence-electron chi connectivity index (χ0n) is 74.5. The second kappa shape index (κ2) is 55.6. The second-order valence-electron chi connectivity index (χ2n) is 32.6. The van der Waals surface area contributed by atoms with Gasteiger partial charge >= 0.3 is 11.9 Å². The van der Waals surface area contributed by atoms with Crippen molar-refractivity contribution in [2.24, 2.45) is 17.3 Å². The van der Waals surface area contributed by atoms with E-state index in [2.05, 4.69) is 71.5 Å². The van der Waals surface area contributed by atoms with Crippen LogP contribution < -0.4 is 47.9 Å². The molecule has 5 aromatic rings. The van der Waals surface area contributed by atoms with Gasteiger partial charge in [0.1, 0.15) is 29.5 Å². The van der Waals surface area contributed by atoms with Crippen molar-refractivity contribution in [2.45, 2.75) is 194 Å². The molecule has 7 atom stereocenters. The van der Waals surface area contributed by atoms with E-state index < -0.39 is 103 Å². The molecule has 126 heavy (non-hydrogen) atoms. The fourth-order valence-corrected chi connectivity index (χ4v) is 15.3. The van der Waals surface area contributed by atoms with Gasteiger partial charge < -0.3 is 86.3 Å². The summed E-state index contributed by atoms with van der Waals surface area (Å²) in [5.74, 6) is 0.215.